The summed E-state index contributed by atoms with van der Waals surface area (Å²) in [6, 6.07) is -0.0571. The highest BCUT2D eigenvalue weighted by atomic mass is 16.2. The van der Waals surface area contributed by atoms with Gasteiger partial charge in [0.15, 0.2) is 0 Å². The van der Waals surface area contributed by atoms with Crippen molar-refractivity contribution in [3.8, 4) is 0 Å². The predicted octanol–water partition coefficient (Wildman–Crippen LogP) is -0.790. The second-order valence-electron chi connectivity index (χ2n) is 4.27. The molecule has 2 unspecified atom stereocenters. The van der Waals surface area contributed by atoms with E-state index in [1.54, 1.807) is 12.3 Å². The number of aromatic nitrogens is 2. The number of nitrogens with one attached hydrogen (secondary N) is 1. The first-order valence-corrected chi connectivity index (χ1v) is 5.60. The summed E-state index contributed by atoms with van der Waals surface area (Å²) in [5, 5.41) is 6.63. The van der Waals surface area contributed by atoms with E-state index in [0.29, 0.717) is 12.1 Å². The normalized spacial score (nSPS) is 22.1. The number of primary amides is 1. The largest absolute Gasteiger partial charge is 0.368 e. The number of nitrogens with zero attached hydrogens (tertiary/aromatic N) is 2. The Morgan fingerprint density at radius 3 is 2.89 bits per heavy atom. The van der Waals surface area contributed by atoms with Gasteiger partial charge in [-0.05, 0) is 6.42 Å². The van der Waals surface area contributed by atoms with Gasteiger partial charge in [0.2, 0.25) is 11.8 Å². The number of rotatable bonds is 4. The Hall–Kier alpha value is -2.15. The molecule has 2 amide bonds. The number of carbonyl (C=O) groups excluding carboxylic acids is 2. The number of anilines is 1. The van der Waals surface area contributed by atoms with Crippen molar-refractivity contribution in [3.63, 3.8) is 0 Å². The monoisotopic (exact) mass is 249 g/mol. The summed E-state index contributed by atoms with van der Waals surface area (Å²) >= 11 is 0. The van der Waals surface area contributed by atoms with Crippen molar-refractivity contribution in [1.82, 2.24) is 9.78 Å². The summed E-state index contributed by atoms with van der Waals surface area (Å²) in [6.07, 6.45) is 7.26. The molecule has 0 radical (unpaired) electrons. The van der Waals surface area contributed by atoms with Crippen LogP contribution in [0, 0.1) is 5.92 Å². The molecule has 1 aliphatic carbocycles. The van der Waals surface area contributed by atoms with Crippen LogP contribution < -0.4 is 16.8 Å². The van der Waals surface area contributed by atoms with Crippen molar-refractivity contribution in [1.29, 1.82) is 0 Å². The van der Waals surface area contributed by atoms with Crippen molar-refractivity contribution >= 4 is 17.5 Å². The Balaban J connectivity index is 1.93. The molecule has 96 valence electrons. The van der Waals surface area contributed by atoms with E-state index in [1.165, 1.54) is 10.9 Å². The molecule has 5 N–H and O–H groups in total. The van der Waals surface area contributed by atoms with Gasteiger partial charge in [0.1, 0.15) is 6.54 Å². The maximum Gasteiger partial charge on any atom is 0.239 e. The zero-order valence-electron chi connectivity index (χ0n) is 9.74. The van der Waals surface area contributed by atoms with Crippen LogP contribution in [-0.4, -0.2) is 27.6 Å². The van der Waals surface area contributed by atoms with E-state index in [9.17, 15) is 9.59 Å². The third kappa shape index (κ3) is 2.95. The molecule has 0 aromatic carbocycles. The fraction of sp³-hybridized carbons (Fsp3) is 0.364. The lowest BCUT2D eigenvalue weighted by atomic mass is 10.1. The van der Waals surface area contributed by atoms with Gasteiger partial charge in [-0.1, -0.05) is 12.2 Å². The molecule has 1 heterocycles. The lowest BCUT2D eigenvalue weighted by Gasteiger charge is -2.08. The number of nitrogens with two attached hydrogens (primary N) is 2. The molecule has 1 aliphatic rings. The van der Waals surface area contributed by atoms with Crippen LogP contribution >= 0.6 is 0 Å². The van der Waals surface area contributed by atoms with Crippen molar-refractivity contribution in [2.75, 3.05) is 5.32 Å². The van der Waals surface area contributed by atoms with Gasteiger partial charge < -0.3 is 16.8 Å². The molecule has 18 heavy (non-hydrogen) atoms. The van der Waals surface area contributed by atoms with Crippen molar-refractivity contribution < 1.29 is 9.59 Å². The zero-order chi connectivity index (χ0) is 13.1. The number of hydrogen-bond acceptors (Lipinski definition) is 4. The standard InChI is InChI=1S/C11H15N5O2/c12-8-2-1-7(3-8)11(18)15-9-4-14-16(5-9)6-10(13)17/h1-2,4-5,7-8H,3,6,12H2,(H2,13,17)(H,15,18). The molecule has 0 saturated heterocycles. The minimum atomic E-state index is -0.485. The molecular formula is C11H15N5O2. The quantitative estimate of drug-likeness (QED) is 0.606. The Bertz CT molecular complexity index is 493. The molecular weight excluding hydrogens is 234 g/mol. The van der Waals surface area contributed by atoms with Gasteiger partial charge in [0.05, 0.1) is 17.8 Å². The summed E-state index contributed by atoms with van der Waals surface area (Å²) in [5.74, 6) is -0.821. The summed E-state index contributed by atoms with van der Waals surface area (Å²) in [4.78, 5) is 22.5. The average molecular weight is 249 g/mol. The maximum absolute atomic E-state index is 11.8. The summed E-state index contributed by atoms with van der Waals surface area (Å²) < 4.78 is 1.37. The first-order chi connectivity index (χ1) is 8.54. The Labute approximate surface area is 104 Å². The fourth-order valence-corrected chi connectivity index (χ4v) is 1.83. The topological polar surface area (TPSA) is 116 Å². The van der Waals surface area contributed by atoms with Crippen LogP contribution in [0.1, 0.15) is 6.42 Å². The van der Waals surface area contributed by atoms with Gasteiger partial charge in [0, 0.05) is 12.2 Å². The van der Waals surface area contributed by atoms with Gasteiger partial charge in [-0.25, -0.2) is 0 Å². The van der Waals surface area contributed by atoms with Crippen LogP contribution in [0.4, 0.5) is 5.69 Å². The van der Waals surface area contributed by atoms with Crippen LogP contribution in [0.3, 0.4) is 0 Å². The molecule has 2 rings (SSSR count). The van der Waals surface area contributed by atoms with E-state index in [0.717, 1.165) is 0 Å². The molecule has 0 spiro atoms. The van der Waals surface area contributed by atoms with Gasteiger partial charge in [0.25, 0.3) is 0 Å². The molecule has 0 fully saturated rings. The number of carbonyl (C=O) groups is 2. The second kappa shape index (κ2) is 5.01. The first kappa shape index (κ1) is 12.3. The van der Waals surface area contributed by atoms with E-state index in [2.05, 4.69) is 10.4 Å². The average Bonchev–Trinajstić information content (AvgIpc) is 2.87. The smallest absolute Gasteiger partial charge is 0.239 e. The number of amides is 2. The van der Waals surface area contributed by atoms with Crippen LogP contribution in [0.25, 0.3) is 0 Å². The van der Waals surface area contributed by atoms with Crippen LogP contribution in [0.15, 0.2) is 24.5 Å². The van der Waals surface area contributed by atoms with E-state index >= 15 is 0 Å². The molecule has 1 aromatic rings. The van der Waals surface area contributed by atoms with Crippen LogP contribution in [0.5, 0.6) is 0 Å². The Morgan fingerprint density at radius 2 is 2.28 bits per heavy atom. The first-order valence-electron chi connectivity index (χ1n) is 5.60. The van der Waals surface area contributed by atoms with E-state index < -0.39 is 5.91 Å². The van der Waals surface area contributed by atoms with Crippen molar-refractivity contribution in [2.24, 2.45) is 17.4 Å². The van der Waals surface area contributed by atoms with Crippen LogP contribution in [-0.2, 0) is 16.1 Å². The lowest BCUT2D eigenvalue weighted by Crippen LogP contribution is -2.23. The highest BCUT2D eigenvalue weighted by Crippen LogP contribution is 2.18. The van der Waals surface area contributed by atoms with Gasteiger partial charge in [-0.15, -0.1) is 0 Å². The molecule has 7 nitrogen and oxygen atoms in total. The van der Waals surface area contributed by atoms with E-state index in [1.807, 2.05) is 6.08 Å². The zero-order valence-corrected chi connectivity index (χ0v) is 9.74. The highest BCUT2D eigenvalue weighted by Gasteiger charge is 2.22. The lowest BCUT2D eigenvalue weighted by molar-refractivity contribution is -0.119. The minimum absolute atomic E-state index is 0.00985. The second-order valence-corrected chi connectivity index (χ2v) is 4.27. The summed E-state index contributed by atoms with van der Waals surface area (Å²) in [5.41, 5.74) is 11.3. The van der Waals surface area contributed by atoms with Gasteiger partial charge in [-0.2, -0.15) is 5.10 Å². The van der Waals surface area contributed by atoms with E-state index in [-0.39, 0.29) is 24.4 Å². The molecule has 0 bridgehead atoms. The molecule has 1 aromatic heterocycles. The third-order valence-corrected chi connectivity index (χ3v) is 2.67. The van der Waals surface area contributed by atoms with Crippen molar-refractivity contribution in [3.05, 3.63) is 24.5 Å². The van der Waals surface area contributed by atoms with Crippen LogP contribution in [0.2, 0.25) is 0 Å². The highest BCUT2D eigenvalue weighted by molar-refractivity contribution is 5.93. The fourth-order valence-electron chi connectivity index (χ4n) is 1.83. The SMILES string of the molecule is NC(=O)Cn1cc(NC(=O)C2C=CC(N)C2)cn1. The minimum Gasteiger partial charge on any atom is -0.368 e. The Morgan fingerprint density at radius 1 is 1.50 bits per heavy atom. The molecule has 0 aliphatic heterocycles. The van der Waals surface area contributed by atoms with E-state index in [4.69, 9.17) is 11.5 Å². The molecule has 2 atom stereocenters. The summed E-state index contributed by atoms with van der Waals surface area (Å²) in [7, 11) is 0. The molecule has 0 saturated carbocycles. The van der Waals surface area contributed by atoms with Crippen molar-refractivity contribution in [2.45, 2.75) is 19.0 Å². The molecule has 7 heteroatoms. The van der Waals surface area contributed by atoms with Gasteiger partial charge >= 0.3 is 0 Å². The number of hydrogen-bond donors (Lipinski definition) is 3. The predicted molar refractivity (Wildman–Crippen MR) is 65.3 cm³/mol. The van der Waals surface area contributed by atoms with Gasteiger partial charge in [-0.3, -0.25) is 14.3 Å². The maximum atomic E-state index is 11.8. The Kier molecular flexibility index (Phi) is 3.42. The summed E-state index contributed by atoms with van der Waals surface area (Å²) in [6.45, 7) is -0.00985. The third-order valence-electron chi connectivity index (χ3n) is 2.67.